The molecule has 2 heteroatoms. The van der Waals surface area contributed by atoms with Gasteiger partial charge in [0.1, 0.15) is 0 Å². The quantitative estimate of drug-likeness (QED) is 0.749. The fraction of sp³-hybridized carbons (Fsp3) is 0.571. The van der Waals surface area contributed by atoms with E-state index in [1.807, 2.05) is 6.92 Å². The highest BCUT2D eigenvalue weighted by atomic mass is 16.5. The van der Waals surface area contributed by atoms with Gasteiger partial charge in [0.25, 0.3) is 0 Å². The summed E-state index contributed by atoms with van der Waals surface area (Å²) in [5, 5.41) is 0. The van der Waals surface area contributed by atoms with E-state index in [2.05, 4.69) is 32.0 Å². The zero-order valence-electron chi connectivity index (χ0n) is 10.6. The van der Waals surface area contributed by atoms with Gasteiger partial charge in [-0.25, -0.2) is 0 Å². The molecule has 0 bridgehead atoms. The van der Waals surface area contributed by atoms with Crippen LogP contribution >= 0.6 is 0 Å². The first-order chi connectivity index (χ1) is 7.63. The van der Waals surface area contributed by atoms with E-state index in [0.717, 1.165) is 26.1 Å². The van der Waals surface area contributed by atoms with Gasteiger partial charge in [-0.1, -0.05) is 29.3 Å². The Balaban J connectivity index is 2.48. The Kier molecular flexibility index (Phi) is 5.50. The molecule has 0 fully saturated rings. The fourth-order valence-electron chi connectivity index (χ4n) is 1.94. The Morgan fingerprint density at radius 2 is 1.81 bits per heavy atom. The second-order valence-electron chi connectivity index (χ2n) is 4.37. The second kappa shape index (κ2) is 6.66. The Morgan fingerprint density at radius 3 is 2.38 bits per heavy atom. The summed E-state index contributed by atoms with van der Waals surface area (Å²) in [6, 6.07) is 6.67. The van der Waals surface area contributed by atoms with Gasteiger partial charge < -0.3 is 10.5 Å². The van der Waals surface area contributed by atoms with Gasteiger partial charge in [-0.15, -0.1) is 0 Å². The average molecular weight is 221 g/mol. The SMILES string of the molecule is CCOCCCC(N)c1cc(C)cc(C)c1. The first-order valence-corrected chi connectivity index (χ1v) is 6.05. The van der Waals surface area contributed by atoms with Crippen molar-refractivity contribution in [1.29, 1.82) is 0 Å². The number of rotatable bonds is 6. The lowest BCUT2D eigenvalue weighted by Gasteiger charge is -2.13. The molecule has 0 radical (unpaired) electrons. The predicted molar refractivity (Wildman–Crippen MR) is 68.6 cm³/mol. The van der Waals surface area contributed by atoms with Crippen molar-refractivity contribution >= 4 is 0 Å². The first-order valence-electron chi connectivity index (χ1n) is 6.05. The molecule has 1 aromatic carbocycles. The maximum absolute atomic E-state index is 6.16. The molecule has 2 nitrogen and oxygen atoms in total. The van der Waals surface area contributed by atoms with Crippen LogP contribution in [0.2, 0.25) is 0 Å². The van der Waals surface area contributed by atoms with Gasteiger partial charge in [0.2, 0.25) is 0 Å². The van der Waals surface area contributed by atoms with Crippen molar-refractivity contribution in [1.82, 2.24) is 0 Å². The maximum Gasteiger partial charge on any atom is 0.0466 e. The number of ether oxygens (including phenoxy) is 1. The minimum atomic E-state index is 0.138. The molecule has 2 N–H and O–H groups in total. The van der Waals surface area contributed by atoms with Crippen molar-refractivity contribution < 1.29 is 4.74 Å². The van der Waals surface area contributed by atoms with Crippen molar-refractivity contribution in [3.05, 3.63) is 34.9 Å². The van der Waals surface area contributed by atoms with E-state index in [1.54, 1.807) is 0 Å². The Hall–Kier alpha value is -0.860. The number of aryl methyl sites for hydroxylation is 2. The highest BCUT2D eigenvalue weighted by Crippen LogP contribution is 2.18. The Labute approximate surface area is 98.8 Å². The highest BCUT2D eigenvalue weighted by Gasteiger charge is 2.06. The summed E-state index contributed by atoms with van der Waals surface area (Å²) in [6.45, 7) is 7.85. The van der Waals surface area contributed by atoms with Crippen LogP contribution in [0.1, 0.15) is 42.5 Å². The van der Waals surface area contributed by atoms with Crippen molar-refractivity contribution in [2.75, 3.05) is 13.2 Å². The van der Waals surface area contributed by atoms with E-state index in [9.17, 15) is 0 Å². The summed E-state index contributed by atoms with van der Waals surface area (Å²) in [7, 11) is 0. The van der Waals surface area contributed by atoms with Gasteiger partial charge in [0.15, 0.2) is 0 Å². The van der Waals surface area contributed by atoms with Crippen molar-refractivity contribution in [3.8, 4) is 0 Å². The molecule has 0 spiro atoms. The van der Waals surface area contributed by atoms with Gasteiger partial charge in [-0.3, -0.25) is 0 Å². The Morgan fingerprint density at radius 1 is 1.19 bits per heavy atom. The van der Waals surface area contributed by atoms with E-state index in [1.165, 1.54) is 16.7 Å². The van der Waals surface area contributed by atoms with Gasteiger partial charge in [-0.2, -0.15) is 0 Å². The molecule has 0 aromatic heterocycles. The summed E-state index contributed by atoms with van der Waals surface area (Å²) in [5.41, 5.74) is 9.98. The molecule has 1 aromatic rings. The molecule has 1 rings (SSSR count). The number of hydrogen-bond donors (Lipinski definition) is 1. The van der Waals surface area contributed by atoms with Crippen LogP contribution < -0.4 is 5.73 Å². The third-order valence-electron chi connectivity index (χ3n) is 2.68. The predicted octanol–water partition coefficient (Wildman–Crippen LogP) is 3.12. The molecule has 0 heterocycles. The van der Waals surface area contributed by atoms with E-state index in [4.69, 9.17) is 10.5 Å². The van der Waals surface area contributed by atoms with Crippen LogP contribution in [-0.4, -0.2) is 13.2 Å². The molecule has 1 unspecified atom stereocenters. The lowest BCUT2D eigenvalue weighted by atomic mass is 9.99. The minimum absolute atomic E-state index is 0.138. The van der Waals surface area contributed by atoms with E-state index < -0.39 is 0 Å². The second-order valence-corrected chi connectivity index (χ2v) is 4.37. The van der Waals surface area contributed by atoms with Crippen LogP contribution in [0.15, 0.2) is 18.2 Å². The van der Waals surface area contributed by atoms with Crippen LogP contribution in [0, 0.1) is 13.8 Å². The molecule has 16 heavy (non-hydrogen) atoms. The highest BCUT2D eigenvalue weighted by molar-refractivity contribution is 5.30. The summed E-state index contributed by atoms with van der Waals surface area (Å²) in [4.78, 5) is 0. The zero-order chi connectivity index (χ0) is 12.0. The first kappa shape index (κ1) is 13.2. The summed E-state index contributed by atoms with van der Waals surface area (Å²) < 4.78 is 5.31. The smallest absolute Gasteiger partial charge is 0.0466 e. The lowest BCUT2D eigenvalue weighted by Crippen LogP contribution is -2.11. The molecular weight excluding hydrogens is 198 g/mol. The topological polar surface area (TPSA) is 35.2 Å². The number of hydrogen-bond acceptors (Lipinski definition) is 2. The molecule has 0 saturated heterocycles. The van der Waals surface area contributed by atoms with E-state index >= 15 is 0 Å². The molecule has 0 saturated carbocycles. The standard InChI is InChI=1S/C14H23NO/c1-4-16-7-5-6-14(15)13-9-11(2)8-12(3)10-13/h8-10,14H,4-7,15H2,1-3H3. The molecule has 0 aliphatic heterocycles. The van der Waals surface area contributed by atoms with Crippen molar-refractivity contribution in [3.63, 3.8) is 0 Å². The van der Waals surface area contributed by atoms with Crippen LogP contribution in [0.3, 0.4) is 0 Å². The van der Waals surface area contributed by atoms with Crippen LogP contribution in [0.4, 0.5) is 0 Å². The van der Waals surface area contributed by atoms with Gasteiger partial charge >= 0.3 is 0 Å². The molecule has 90 valence electrons. The van der Waals surface area contributed by atoms with E-state index in [0.29, 0.717) is 0 Å². The fourth-order valence-corrected chi connectivity index (χ4v) is 1.94. The third-order valence-corrected chi connectivity index (χ3v) is 2.68. The largest absolute Gasteiger partial charge is 0.382 e. The van der Waals surface area contributed by atoms with Crippen LogP contribution in [0.25, 0.3) is 0 Å². The van der Waals surface area contributed by atoms with Gasteiger partial charge in [0.05, 0.1) is 0 Å². The minimum Gasteiger partial charge on any atom is -0.382 e. The molecule has 0 aliphatic rings. The zero-order valence-corrected chi connectivity index (χ0v) is 10.6. The normalized spacial score (nSPS) is 12.8. The van der Waals surface area contributed by atoms with Crippen molar-refractivity contribution in [2.45, 2.75) is 39.7 Å². The monoisotopic (exact) mass is 221 g/mol. The van der Waals surface area contributed by atoms with Crippen LogP contribution in [0.5, 0.6) is 0 Å². The van der Waals surface area contributed by atoms with Crippen LogP contribution in [-0.2, 0) is 4.74 Å². The van der Waals surface area contributed by atoms with E-state index in [-0.39, 0.29) is 6.04 Å². The third kappa shape index (κ3) is 4.33. The molecular formula is C14H23NO. The Bertz CT molecular complexity index is 302. The maximum atomic E-state index is 6.16. The van der Waals surface area contributed by atoms with Gasteiger partial charge in [-0.05, 0) is 39.2 Å². The summed E-state index contributed by atoms with van der Waals surface area (Å²) >= 11 is 0. The van der Waals surface area contributed by atoms with Crippen molar-refractivity contribution in [2.24, 2.45) is 5.73 Å². The average Bonchev–Trinajstić information content (AvgIpc) is 2.22. The lowest BCUT2D eigenvalue weighted by molar-refractivity contribution is 0.142. The summed E-state index contributed by atoms with van der Waals surface area (Å²) in [6.07, 6.45) is 2.02. The summed E-state index contributed by atoms with van der Waals surface area (Å²) in [5.74, 6) is 0. The molecule has 0 aliphatic carbocycles. The number of benzene rings is 1. The molecule has 0 amide bonds. The number of nitrogens with two attached hydrogens (primary N) is 1. The molecule has 1 atom stereocenters. The van der Waals surface area contributed by atoms with Gasteiger partial charge in [0, 0.05) is 19.3 Å².